The van der Waals surface area contributed by atoms with E-state index in [1.165, 1.54) is 0 Å². The van der Waals surface area contributed by atoms with E-state index in [0.29, 0.717) is 24.5 Å². The standard InChI is InChI=1S/C15H13BrN2O2/c16-11-3-1-9(2-4-11)8-20-14-7-13-10(5-12(14)17)6-15(19)18-13/h1-5,7H,6,8,17H2,(H,18,19). The van der Waals surface area contributed by atoms with Crippen LogP contribution in [0.25, 0.3) is 0 Å². The van der Waals surface area contributed by atoms with Crippen LogP contribution in [-0.2, 0) is 17.8 Å². The Hall–Kier alpha value is -2.01. The Morgan fingerprint density at radius 3 is 2.75 bits per heavy atom. The summed E-state index contributed by atoms with van der Waals surface area (Å²) in [7, 11) is 0. The number of carbonyl (C=O) groups excluding carboxylic acids is 1. The third-order valence-electron chi connectivity index (χ3n) is 3.17. The van der Waals surface area contributed by atoms with Crippen molar-refractivity contribution in [3.8, 4) is 5.75 Å². The summed E-state index contributed by atoms with van der Waals surface area (Å²) in [5.41, 5.74) is 9.27. The summed E-state index contributed by atoms with van der Waals surface area (Å²) in [6, 6.07) is 11.5. The molecular weight excluding hydrogens is 320 g/mol. The van der Waals surface area contributed by atoms with Crippen LogP contribution >= 0.6 is 15.9 Å². The van der Waals surface area contributed by atoms with Crippen LogP contribution < -0.4 is 15.8 Å². The van der Waals surface area contributed by atoms with Crippen molar-refractivity contribution in [1.29, 1.82) is 0 Å². The van der Waals surface area contributed by atoms with Gasteiger partial charge in [-0.25, -0.2) is 0 Å². The Balaban J connectivity index is 1.76. The number of rotatable bonds is 3. The van der Waals surface area contributed by atoms with Gasteiger partial charge in [-0.2, -0.15) is 0 Å². The quantitative estimate of drug-likeness (QED) is 0.849. The zero-order valence-electron chi connectivity index (χ0n) is 10.7. The Bertz CT molecular complexity index is 668. The summed E-state index contributed by atoms with van der Waals surface area (Å²) in [6.45, 7) is 0.435. The highest BCUT2D eigenvalue weighted by molar-refractivity contribution is 9.10. The molecule has 0 saturated heterocycles. The fraction of sp³-hybridized carbons (Fsp3) is 0.133. The number of anilines is 2. The molecule has 5 heteroatoms. The van der Waals surface area contributed by atoms with Gasteiger partial charge in [0.2, 0.25) is 5.91 Å². The molecule has 0 aromatic heterocycles. The fourth-order valence-electron chi connectivity index (χ4n) is 2.14. The summed E-state index contributed by atoms with van der Waals surface area (Å²) in [5, 5.41) is 2.79. The Labute approximate surface area is 125 Å². The summed E-state index contributed by atoms with van der Waals surface area (Å²) < 4.78 is 6.76. The first-order chi connectivity index (χ1) is 9.61. The highest BCUT2D eigenvalue weighted by Gasteiger charge is 2.19. The van der Waals surface area contributed by atoms with E-state index in [9.17, 15) is 4.79 Å². The minimum absolute atomic E-state index is 0.00976. The van der Waals surface area contributed by atoms with Crippen LogP contribution in [-0.4, -0.2) is 5.91 Å². The average Bonchev–Trinajstić information content (AvgIpc) is 2.77. The molecule has 0 atom stereocenters. The number of nitrogen functional groups attached to an aromatic ring is 1. The number of nitrogens with two attached hydrogens (primary N) is 1. The van der Waals surface area contributed by atoms with Crippen LogP contribution in [0.3, 0.4) is 0 Å². The number of ether oxygens (including phenoxy) is 1. The van der Waals surface area contributed by atoms with Gasteiger partial charge in [-0.15, -0.1) is 0 Å². The summed E-state index contributed by atoms with van der Waals surface area (Å²) in [6.07, 6.45) is 0.381. The molecule has 0 fully saturated rings. The lowest BCUT2D eigenvalue weighted by atomic mass is 10.1. The summed E-state index contributed by atoms with van der Waals surface area (Å²) in [5.74, 6) is 0.582. The molecule has 1 aliphatic rings. The molecule has 0 aliphatic carbocycles. The van der Waals surface area contributed by atoms with E-state index in [2.05, 4.69) is 21.2 Å². The molecule has 3 N–H and O–H groups in total. The van der Waals surface area contributed by atoms with Gasteiger partial charge >= 0.3 is 0 Å². The lowest BCUT2D eigenvalue weighted by Crippen LogP contribution is -2.03. The summed E-state index contributed by atoms with van der Waals surface area (Å²) >= 11 is 3.39. The average molecular weight is 333 g/mol. The third-order valence-corrected chi connectivity index (χ3v) is 3.70. The van der Waals surface area contributed by atoms with Crippen molar-refractivity contribution in [3.63, 3.8) is 0 Å². The van der Waals surface area contributed by atoms with Crippen LogP contribution in [0.5, 0.6) is 5.75 Å². The minimum Gasteiger partial charge on any atom is -0.487 e. The molecule has 0 bridgehead atoms. The molecule has 0 unspecified atom stereocenters. The normalized spacial score (nSPS) is 12.9. The van der Waals surface area contributed by atoms with Crippen LogP contribution in [0.15, 0.2) is 40.9 Å². The van der Waals surface area contributed by atoms with Gasteiger partial charge in [0.25, 0.3) is 0 Å². The number of halogens is 1. The second kappa shape index (κ2) is 5.17. The largest absolute Gasteiger partial charge is 0.487 e. The van der Waals surface area contributed by atoms with E-state index in [-0.39, 0.29) is 5.91 Å². The number of hydrogen-bond acceptors (Lipinski definition) is 3. The molecule has 0 spiro atoms. The predicted molar refractivity (Wildman–Crippen MR) is 81.7 cm³/mol. The van der Waals surface area contributed by atoms with Gasteiger partial charge in [-0.05, 0) is 29.3 Å². The molecule has 0 radical (unpaired) electrons. The molecule has 0 saturated carbocycles. The van der Waals surface area contributed by atoms with Crippen molar-refractivity contribution in [2.24, 2.45) is 0 Å². The maximum absolute atomic E-state index is 11.3. The van der Waals surface area contributed by atoms with Gasteiger partial charge in [0.05, 0.1) is 12.1 Å². The molecule has 1 heterocycles. The highest BCUT2D eigenvalue weighted by atomic mass is 79.9. The Morgan fingerprint density at radius 1 is 1.25 bits per heavy atom. The Morgan fingerprint density at radius 2 is 2.00 bits per heavy atom. The van der Waals surface area contributed by atoms with E-state index in [1.807, 2.05) is 24.3 Å². The van der Waals surface area contributed by atoms with E-state index >= 15 is 0 Å². The number of carbonyl (C=O) groups is 1. The molecule has 3 rings (SSSR count). The highest BCUT2D eigenvalue weighted by Crippen LogP contribution is 2.33. The van der Waals surface area contributed by atoms with Gasteiger partial charge in [0.15, 0.2) is 0 Å². The SMILES string of the molecule is Nc1cc2c(cc1OCc1ccc(Br)cc1)NC(=O)C2. The van der Waals surface area contributed by atoms with Crippen molar-refractivity contribution in [2.75, 3.05) is 11.1 Å². The molecule has 4 nitrogen and oxygen atoms in total. The summed E-state index contributed by atoms with van der Waals surface area (Å²) in [4.78, 5) is 11.3. The zero-order valence-corrected chi connectivity index (χ0v) is 12.2. The molecule has 1 aliphatic heterocycles. The predicted octanol–water partition coefficient (Wildman–Crippen LogP) is 3.10. The first-order valence-electron chi connectivity index (χ1n) is 6.21. The van der Waals surface area contributed by atoms with Crippen molar-refractivity contribution in [3.05, 3.63) is 52.0 Å². The number of benzene rings is 2. The molecule has 102 valence electrons. The number of nitrogens with one attached hydrogen (secondary N) is 1. The maximum atomic E-state index is 11.3. The molecule has 2 aromatic carbocycles. The lowest BCUT2D eigenvalue weighted by molar-refractivity contribution is -0.115. The van der Waals surface area contributed by atoms with Crippen molar-refractivity contribution >= 4 is 33.2 Å². The van der Waals surface area contributed by atoms with E-state index < -0.39 is 0 Å². The molecule has 2 aromatic rings. The first-order valence-corrected chi connectivity index (χ1v) is 7.00. The smallest absolute Gasteiger partial charge is 0.228 e. The van der Waals surface area contributed by atoms with Crippen LogP contribution in [0, 0.1) is 0 Å². The lowest BCUT2D eigenvalue weighted by Gasteiger charge is -2.11. The van der Waals surface area contributed by atoms with Gasteiger partial charge in [0.1, 0.15) is 12.4 Å². The van der Waals surface area contributed by atoms with Crippen molar-refractivity contribution in [1.82, 2.24) is 0 Å². The van der Waals surface area contributed by atoms with Crippen LogP contribution in [0.2, 0.25) is 0 Å². The monoisotopic (exact) mass is 332 g/mol. The first kappa shape index (κ1) is 13.0. The van der Waals surface area contributed by atoms with Crippen LogP contribution in [0.4, 0.5) is 11.4 Å². The van der Waals surface area contributed by atoms with Gasteiger partial charge in [-0.3, -0.25) is 4.79 Å². The number of hydrogen-bond donors (Lipinski definition) is 2. The molecular formula is C15H13BrN2O2. The third kappa shape index (κ3) is 2.63. The van der Waals surface area contributed by atoms with E-state index in [0.717, 1.165) is 21.3 Å². The van der Waals surface area contributed by atoms with E-state index in [1.54, 1.807) is 12.1 Å². The maximum Gasteiger partial charge on any atom is 0.228 e. The van der Waals surface area contributed by atoms with Gasteiger partial charge in [0, 0.05) is 16.2 Å². The minimum atomic E-state index is -0.00976. The fourth-order valence-corrected chi connectivity index (χ4v) is 2.40. The topological polar surface area (TPSA) is 64.3 Å². The number of fused-ring (bicyclic) bond motifs is 1. The second-order valence-electron chi connectivity index (χ2n) is 4.69. The van der Waals surface area contributed by atoms with Gasteiger partial charge < -0.3 is 15.8 Å². The van der Waals surface area contributed by atoms with Crippen molar-refractivity contribution in [2.45, 2.75) is 13.0 Å². The second-order valence-corrected chi connectivity index (χ2v) is 5.60. The van der Waals surface area contributed by atoms with Gasteiger partial charge in [-0.1, -0.05) is 28.1 Å². The molecule has 20 heavy (non-hydrogen) atoms. The number of amides is 1. The van der Waals surface area contributed by atoms with E-state index in [4.69, 9.17) is 10.5 Å². The molecule has 1 amide bonds. The van der Waals surface area contributed by atoms with Crippen LogP contribution in [0.1, 0.15) is 11.1 Å². The van der Waals surface area contributed by atoms with Crippen molar-refractivity contribution < 1.29 is 9.53 Å². The Kier molecular flexibility index (Phi) is 3.36. The zero-order chi connectivity index (χ0) is 14.1.